The number of ether oxygens (including phenoxy) is 1. The quantitative estimate of drug-likeness (QED) is 0.580. The molecule has 0 aliphatic heterocycles. The van der Waals surface area contributed by atoms with Crippen LogP contribution in [0.4, 0.5) is 0 Å². The lowest BCUT2D eigenvalue weighted by molar-refractivity contribution is 0.0475. The van der Waals surface area contributed by atoms with Gasteiger partial charge < -0.3 is 9.72 Å². The van der Waals surface area contributed by atoms with Crippen molar-refractivity contribution in [3.63, 3.8) is 0 Å². The number of aryl methyl sites for hydroxylation is 3. The van der Waals surface area contributed by atoms with E-state index >= 15 is 0 Å². The highest BCUT2D eigenvalue weighted by molar-refractivity contribution is 6.10. The SMILES string of the molecule is Cc1ccc(C(=O)OCC(=O)c2c(C)[nH]c3ccccc23)cc1C. The largest absolute Gasteiger partial charge is 0.454 e. The second kappa shape index (κ2) is 6.32. The summed E-state index contributed by atoms with van der Waals surface area (Å²) in [5.74, 6) is -0.689. The van der Waals surface area contributed by atoms with Crippen molar-refractivity contribution in [1.29, 1.82) is 0 Å². The minimum absolute atomic E-state index is 0.206. The van der Waals surface area contributed by atoms with E-state index in [0.717, 1.165) is 27.7 Å². The summed E-state index contributed by atoms with van der Waals surface area (Å²) < 4.78 is 5.21. The van der Waals surface area contributed by atoms with Gasteiger partial charge in [0, 0.05) is 22.2 Å². The average Bonchev–Trinajstić information content (AvgIpc) is 2.90. The molecule has 0 saturated heterocycles. The van der Waals surface area contributed by atoms with Gasteiger partial charge in [-0.05, 0) is 50.1 Å². The van der Waals surface area contributed by atoms with E-state index in [0.29, 0.717) is 11.1 Å². The van der Waals surface area contributed by atoms with Gasteiger partial charge in [0.1, 0.15) is 0 Å². The molecular weight excluding hydrogens is 302 g/mol. The van der Waals surface area contributed by atoms with Gasteiger partial charge in [0.2, 0.25) is 5.78 Å². The summed E-state index contributed by atoms with van der Waals surface area (Å²) in [5.41, 5.74) is 4.85. The Bertz CT molecular complexity index is 937. The lowest BCUT2D eigenvalue weighted by atomic mass is 10.1. The van der Waals surface area contributed by atoms with Crippen molar-refractivity contribution in [2.24, 2.45) is 0 Å². The van der Waals surface area contributed by atoms with E-state index in [2.05, 4.69) is 4.98 Å². The first kappa shape index (κ1) is 16.0. The third-order valence-electron chi connectivity index (χ3n) is 4.25. The van der Waals surface area contributed by atoms with Crippen LogP contribution < -0.4 is 0 Å². The van der Waals surface area contributed by atoms with Crippen molar-refractivity contribution < 1.29 is 14.3 Å². The number of para-hydroxylation sites is 1. The molecule has 1 N–H and O–H groups in total. The molecule has 0 aliphatic carbocycles. The van der Waals surface area contributed by atoms with Crippen LogP contribution in [0.1, 0.15) is 37.5 Å². The Hall–Kier alpha value is -2.88. The van der Waals surface area contributed by atoms with Crippen molar-refractivity contribution >= 4 is 22.7 Å². The van der Waals surface area contributed by atoms with Gasteiger partial charge in [0.25, 0.3) is 0 Å². The van der Waals surface area contributed by atoms with Crippen LogP contribution in [0.2, 0.25) is 0 Å². The van der Waals surface area contributed by atoms with E-state index in [1.165, 1.54) is 0 Å². The second-order valence-corrected chi connectivity index (χ2v) is 5.97. The smallest absolute Gasteiger partial charge is 0.338 e. The fourth-order valence-corrected chi connectivity index (χ4v) is 2.79. The number of Topliss-reactive ketones (excluding diaryl/α,β-unsaturated/α-hetero) is 1. The molecule has 2 aromatic carbocycles. The number of carbonyl (C=O) groups is 2. The van der Waals surface area contributed by atoms with Crippen molar-refractivity contribution in [3.8, 4) is 0 Å². The molecule has 24 heavy (non-hydrogen) atoms. The van der Waals surface area contributed by atoms with Gasteiger partial charge in [0.15, 0.2) is 6.61 Å². The number of aromatic amines is 1. The molecule has 122 valence electrons. The van der Waals surface area contributed by atoms with E-state index in [1.807, 2.05) is 51.1 Å². The molecule has 4 heteroatoms. The molecule has 1 heterocycles. The summed E-state index contributed by atoms with van der Waals surface area (Å²) in [6.07, 6.45) is 0. The van der Waals surface area contributed by atoms with Gasteiger partial charge in [0.05, 0.1) is 5.56 Å². The first-order valence-electron chi connectivity index (χ1n) is 7.82. The van der Waals surface area contributed by atoms with Crippen molar-refractivity contribution in [3.05, 3.63) is 70.4 Å². The molecule has 0 spiro atoms. The zero-order valence-electron chi connectivity index (χ0n) is 14.0. The summed E-state index contributed by atoms with van der Waals surface area (Å²) in [7, 11) is 0. The molecule has 0 amide bonds. The number of hydrogen-bond donors (Lipinski definition) is 1. The number of esters is 1. The molecule has 0 saturated carbocycles. The summed E-state index contributed by atoms with van der Waals surface area (Å²) >= 11 is 0. The number of hydrogen-bond acceptors (Lipinski definition) is 3. The van der Waals surface area contributed by atoms with Gasteiger partial charge in [-0.25, -0.2) is 4.79 Å². The molecule has 0 unspecified atom stereocenters. The lowest BCUT2D eigenvalue weighted by Gasteiger charge is -2.06. The number of nitrogens with one attached hydrogen (secondary N) is 1. The first-order chi connectivity index (χ1) is 11.5. The molecule has 3 rings (SSSR count). The highest BCUT2D eigenvalue weighted by Crippen LogP contribution is 2.22. The fraction of sp³-hybridized carbons (Fsp3) is 0.200. The Kier molecular flexibility index (Phi) is 4.21. The summed E-state index contributed by atoms with van der Waals surface area (Å²) in [5, 5.41) is 0.849. The topological polar surface area (TPSA) is 59.2 Å². The van der Waals surface area contributed by atoms with Crippen molar-refractivity contribution in [1.82, 2.24) is 4.98 Å². The number of aromatic nitrogens is 1. The number of benzene rings is 2. The zero-order valence-corrected chi connectivity index (χ0v) is 14.0. The zero-order chi connectivity index (χ0) is 17.3. The number of fused-ring (bicyclic) bond motifs is 1. The minimum Gasteiger partial charge on any atom is -0.454 e. The first-order valence-corrected chi connectivity index (χ1v) is 7.82. The maximum atomic E-state index is 12.5. The Morgan fingerprint density at radius 2 is 1.75 bits per heavy atom. The Labute approximate surface area is 140 Å². The number of carbonyl (C=O) groups excluding carboxylic acids is 2. The fourth-order valence-electron chi connectivity index (χ4n) is 2.79. The normalized spacial score (nSPS) is 10.8. The molecule has 4 nitrogen and oxygen atoms in total. The van der Waals surface area contributed by atoms with Gasteiger partial charge in [-0.15, -0.1) is 0 Å². The van der Waals surface area contributed by atoms with Gasteiger partial charge >= 0.3 is 5.97 Å². The Morgan fingerprint density at radius 3 is 2.50 bits per heavy atom. The predicted molar refractivity (Wildman–Crippen MR) is 93.6 cm³/mol. The van der Waals surface area contributed by atoms with Gasteiger partial charge in [-0.1, -0.05) is 24.3 Å². The van der Waals surface area contributed by atoms with E-state index in [4.69, 9.17) is 4.74 Å². The Balaban J connectivity index is 1.76. The summed E-state index contributed by atoms with van der Waals surface area (Å²) in [6, 6.07) is 13.0. The summed E-state index contributed by atoms with van der Waals surface area (Å²) in [4.78, 5) is 27.8. The predicted octanol–water partition coefficient (Wildman–Crippen LogP) is 4.13. The highest BCUT2D eigenvalue weighted by Gasteiger charge is 2.18. The molecule has 0 atom stereocenters. The minimum atomic E-state index is -0.482. The molecule has 0 aliphatic rings. The van der Waals surface area contributed by atoms with Crippen LogP contribution in [0.5, 0.6) is 0 Å². The van der Waals surface area contributed by atoms with Crippen molar-refractivity contribution in [2.75, 3.05) is 6.61 Å². The van der Waals surface area contributed by atoms with Gasteiger partial charge in [-0.3, -0.25) is 4.79 Å². The summed E-state index contributed by atoms with van der Waals surface area (Å²) in [6.45, 7) is 5.49. The van der Waals surface area contributed by atoms with E-state index in [9.17, 15) is 9.59 Å². The number of rotatable bonds is 4. The maximum Gasteiger partial charge on any atom is 0.338 e. The second-order valence-electron chi connectivity index (χ2n) is 5.97. The lowest BCUT2D eigenvalue weighted by Crippen LogP contribution is -2.15. The Morgan fingerprint density at radius 1 is 1.00 bits per heavy atom. The molecular formula is C20H19NO3. The molecule has 0 radical (unpaired) electrons. The monoisotopic (exact) mass is 321 g/mol. The van der Waals surface area contributed by atoms with Crippen LogP contribution in [0, 0.1) is 20.8 Å². The van der Waals surface area contributed by atoms with Gasteiger partial charge in [-0.2, -0.15) is 0 Å². The molecule has 3 aromatic rings. The molecule has 0 bridgehead atoms. The molecule has 1 aromatic heterocycles. The van der Waals surface area contributed by atoms with Crippen molar-refractivity contribution in [2.45, 2.75) is 20.8 Å². The number of ketones is 1. The highest BCUT2D eigenvalue weighted by atomic mass is 16.5. The average molecular weight is 321 g/mol. The van der Waals surface area contributed by atoms with E-state index in [-0.39, 0.29) is 12.4 Å². The molecule has 0 fully saturated rings. The third-order valence-corrected chi connectivity index (χ3v) is 4.25. The third kappa shape index (κ3) is 2.95. The van der Waals surface area contributed by atoms with Crippen LogP contribution >= 0.6 is 0 Å². The van der Waals surface area contributed by atoms with Crippen LogP contribution in [0.3, 0.4) is 0 Å². The number of H-pyrrole nitrogens is 1. The van der Waals surface area contributed by atoms with Crippen LogP contribution in [-0.2, 0) is 4.74 Å². The van der Waals surface area contributed by atoms with E-state index < -0.39 is 5.97 Å². The van der Waals surface area contributed by atoms with Crippen LogP contribution in [0.25, 0.3) is 10.9 Å². The van der Waals surface area contributed by atoms with Crippen LogP contribution in [0.15, 0.2) is 42.5 Å². The van der Waals surface area contributed by atoms with Crippen LogP contribution in [-0.4, -0.2) is 23.3 Å². The maximum absolute atomic E-state index is 12.5. The standard InChI is InChI=1S/C20H19NO3/c1-12-8-9-15(10-13(12)2)20(23)24-11-18(22)19-14(3)21-17-7-5-4-6-16(17)19/h4-10,21H,11H2,1-3H3. The van der Waals surface area contributed by atoms with E-state index in [1.54, 1.807) is 12.1 Å².